The maximum Gasteiger partial charge on any atom is 0.127 e. The highest BCUT2D eigenvalue weighted by Gasteiger charge is 2.05. The molecule has 0 saturated heterocycles. The van der Waals surface area contributed by atoms with Crippen LogP contribution in [0.25, 0.3) is 11.1 Å². The van der Waals surface area contributed by atoms with Crippen LogP contribution in [-0.2, 0) is 6.42 Å². The molecule has 0 atom stereocenters. The van der Waals surface area contributed by atoms with E-state index in [9.17, 15) is 4.39 Å². The number of benzene rings is 2. The fourth-order valence-electron chi connectivity index (χ4n) is 1.84. The van der Waals surface area contributed by atoms with Crippen molar-refractivity contribution in [2.75, 3.05) is 6.61 Å². The Balaban J connectivity index is 2.25. The van der Waals surface area contributed by atoms with Crippen molar-refractivity contribution < 1.29 is 9.50 Å². The molecule has 3 heteroatoms. The molecular weight excluding hydrogens is 295 g/mol. The number of aliphatic hydroxyl groups excluding tert-OH is 1. The van der Waals surface area contributed by atoms with Crippen LogP contribution in [0.15, 0.2) is 46.9 Å². The Hall–Kier alpha value is -1.19. The van der Waals surface area contributed by atoms with Crippen LogP contribution in [0.2, 0.25) is 0 Å². The van der Waals surface area contributed by atoms with Crippen molar-refractivity contribution in [3.63, 3.8) is 0 Å². The Morgan fingerprint density at radius 2 is 1.67 bits per heavy atom. The first-order valence-electron chi connectivity index (χ1n) is 5.86. The van der Waals surface area contributed by atoms with Gasteiger partial charge in [-0.05, 0) is 47.7 Å². The van der Waals surface area contributed by atoms with E-state index in [0.29, 0.717) is 18.4 Å². The van der Waals surface area contributed by atoms with E-state index in [-0.39, 0.29) is 12.4 Å². The second kappa shape index (κ2) is 6.12. The zero-order valence-corrected chi connectivity index (χ0v) is 11.5. The number of halogens is 2. The molecule has 0 fully saturated rings. The van der Waals surface area contributed by atoms with E-state index < -0.39 is 0 Å². The van der Waals surface area contributed by atoms with E-state index in [4.69, 9.17) is 5.11 Å². The maximum absolute atomic E-state index is 13.8. The molecular formula is C15H14BrFO. The number of rotatable bonds is 4. The summed E-state index contributed by atoms with van der Waals surface area (Å²) in [5.41, 5.74) is 2.52. The molecule has 1 nitrogen and oxygen atoms in total. The van der Waals surface area contributed by atoms with Crippen LogP contribution in [-0.4, -0.2) is 11.7 Å². The zero-order valence-electron chi connectivity index (χ0n) is 9.87. The van der Waals surface area contributed by atoms with E-state index in [1.807, 2.05) is 30.3 Å². The van der Waals surface area contributed by atoms with Gasteiger partial charge in [-0.25, -0.2) is 4.39 Å². The average Bonchev–Trinajstić information content (AvgIpc) is 2.38. The van der Waals surface area contributed by atoms with Crippen LogP contribution >= 0.6 is 15.9 Å². The predicted octanol–water partition coefficient (Wildman–Crippen LogP) is 4.18. The normalized spacial score (nSPS) is 10.6. The number of hydrogen-bond donors (Lipinski definition) is 1. The third-order valence-corrected chi connectivity index (χ3v) is 3.36. The lowest BCUT2D eigenvalue weighted by Gasteiger charge is -2.06. The minimum Gasteiger partial charge on any atom is -0.396 e. The van der Waals surface area contributed by atoms with Gasteiger partial charge in [-0.3, -0.25) is 0 Å². The van der Waals surface area contributed by atoms with Gasteiger partial charge in [-0.1, -0.05) is 40.2 Å². The van der Waals surface area contributed by atoms with Gasteiger partial charge >= 0.3 is 0 Å². The first-order valence-corrected chi connectivity index (χ1v) is 6.65. The van der Waals surface area contributed by atoms with Gasteiger partial charge in [0.2, 0.25) is 0 Å². The van der Waals surface area contributed by atoms with E-state index >= 15 is 0 Å². The molecule has 0 aliphatic heterocycles. The van der Waals surface area contributed by atoms with Gasteiger partial charge in [-0.15, -0.1) is 0 Å². The van der Waals surface area contributed by atoms with Crippen LogP contribution in [0.4, 0.5) is 4.39 Å². The van der Waals surface area contributed by atoms with Crippen molar-refractivity contribution >= 4 is 15.9 Å². The molecule has 0 bridgehead atoms. The number of aliphatic hydroxyl groups is 1. The van der Waals surface area contributed by atoms with Crippen molar-refractivity contribution in [2.24, 2.45) is 0 Å². The SMILES string of the molecule is OCCCc1ccc(-c2ccc(Br)cc2)cc1F. The number of aryl methyl sites for hydroxylation is 1. The van der Waals surface area contributed by atoms with Crippen LogP contribution in [0.5, 0.6) is 0 Å². The molecule has 0 aromatic heterocycles. The van der Waals surface area contributed by atoms with Gasteiger partial charge in [0, 0.05) is 11.1 Å². The summed E-state index contributed by atoms with van der Waals surface area (Å²) in [6.07, 6.45) is 1.16. The summed E-state index contributed by atoms with van der Waals surface area (Å²) in [5, 5.41) is 8.75. The van der Waals surface area contributed by atoms with E-state index in [0.717, 1.165) is 15.6 Å². The summed E-state index contributed by atoms with van der Waals surface area (Å²) >= 11 is 3.37. The second-order valence-electron chi connectivity index (χ2n) is 4.14. The van der Waals surface area contributed by atoms with Gasteiger partial charge in [0.25, 0.3) is 0 Å². The van der Waals surface area contributed by atoms with Crippen molar-refractivity contribution in [1.82, 2.24) is 0 Å². The summed E-state index contributed by atoms with van der Waals surface area (Å²) in [6, 6.07) is 13.0. The monoisotopic (exact) mass is 308 g/mol. The third kappa shape index (κ3) is 3.18. The van der Waals surface area contributed by atoms with Crippen molar-refractivity contribution in [3.8, 4) is 11.1 Å². The maximum atomic E-state index is 13.8. The van der Waals surface area contributed by atoms with E-state index in [1.54, 1.807) is 12.1 Å². The van der Waals surface area contributed by atoms with Crippen LogP contribution in [0.1, 0.15) is 12.0 Å². The predicted molar refractivity (Wildman–Crippen MR) is 74.9 cm³/mol. The molecule has 0 amide bonds. The molecule has 18 heavy (non-hydrogen) atoms. The summed E-state index contributed by atoms with van der Waals surface area (Å²) in [4.78, 5) is 0. The third-order valence-electron chi connectivity index (χ3n) is 2.83. The number of hydrogen-bond acceptors (Lipinski definition) is 1. The highest BCUT2D eigenvalue weighted by molar-refractivity contribution is 9.10. The lowest BCUT2D eigenvalue weighted by Crippen LogP contribution is -1.94. The standard InChI is InChI=1S/C15H14BrFO/c16-14-7-5-11(6-8-14)13-4-3-12(2-1-9-18)15(17)10-13/h3-8,10,18H,1-2,9H2. The lowest BCUT2D eigenvalue weighted by molar-refractivity contribution is 0.288. The van der Waals surface area contributed by atoms with Crippen LogP contribution < -0.4 is 0 Å². The van der Waals surface area contributed by atoms with Crippen molar-refractivity contribution in [2.45, 2.75) is 12.8 Å². The minimum atomic E-state index is -0.205. The molecule has 0 heterocycles. The molecule has 0 spiro atoms. The molecule has 2 rings (SSSR count). The quantitative estimate of drug-likeness (QED) is 0.898. The highest BCUT2D eigenvalue weighted by atomic mass is 79.9. The summed E-state index contributed by atoms with van der Waals surface area (Å²) < 4.78 is 14.9. The van der Waals surface area contributed by atoms with Gasteiger partial charge in [-0.2, -0.15) is 0 Å². The first kappa shape index (κ1) is 13.2. The van der Waals surface area contributed by atoms with E-state index in [2.05, 4.69) is 15.9 Å². The molecule has 0 saturated carbocycles. The van der Waals surface area contributed by atoms with Gasteiger partial charge in [0.15, 0.2) is 0 Å². The van der Waals surface area contributed by atoms with Crippen molar-refractivity contribution in [3.05, 3.63) is 58.3 Å². The minimum absolute atomic E-state index is 0.0912. The Kier molecular flexibility index (Phi) is 4.50. The Morgan fingerprint density at radius 1 is 1.00 bits per heavy atom. The Labute approximate surface area is 114 Å². The molecule has 0 aliphatic rings. The van der Waals surface area contributed by atoms with Gasteiger partial charge < -0.3 is 5.11 Å². The molecule has 2 aromatic rings. The average molecular weight is 309 g/mol. The van der Waals surface area contributed by atoms with Gasteiger partial charge in [0.1, 0.15) is 5.82 Å². The Bertz CT molecular complexity index is 523. The largest absolute Gasteiger partial charge is 0.396 e. The fourth-order valence-corrected chi connectivity index (χ4v) is 2.11. The second-order valence-corrected chi connectivity index (χ2v) is 5.06. The fraction of sp³-hybridized carbons (Fsp3) is 0.200. The Morgan fingerprint density at radius 3 is 2.28 bits per heavy atom. The smallest absolute Gasteiger partial charge is 0.127 e. The summed E-state index contributed by atoms with van der Waals surface area (Å²) in [5.74, 6) is -0.205. The zero-order chi connectivity index (χ0) is 13.0. The van der Waals surface area contributed by atoms with E-state index in [1.165, 1.54) is 0 Å². The summed E-state index contributed by atoms with van der Waals surface area (Å²) in [7, 11) is 0. The molecule has 0 aliphatic carbocycles. The topological polar surface area (TPSA) is 20.2 Å². The molecule has 2 aromatic carbocycles. The highest BCUT2D eigenvalue weighted by Crippen LogP contribution is 2.24. The molecule has 0 unspecified atom stereocenters. The van der Waals surface area contributed by atoms with Crippen molar-refractivity contribution in [1.29, 1.82) is 0 Å². The molecule has 1 N–H and O–H groups in total. The van der Waals surface area contributed by atoms with Gasteiger partial charge in [0.05, 0.1) is 0 Å². The van der Waals surface area contributed by atoms with Crippen LogP contribution in [0, 0.1) is 5.82 Å². The molecule has 94 valence electrons. The first-order chi connectivity index (χ1) is 8.70. The molecule has 0 radical (unpaired) electrons. The van der Waals surface area contributed by atoms with Crippen LogP contribution in [0.3, 0.4) is 0 Å². The lowest BCUT2D eigenvalue weighted by atomic mass is 10.0. The summed E-state index contributed by atoms with van der Waals surface area (Å²) in [6.45, 7) is 0.0912.